The first kappa shape index (κ1) is 19.8. The molecule has 1 aliphatic carbocycles. The van der Waals surface area contributed by atoms with Crippen molar-refractivity contribution >= 4 is 16.8 Å². The quantitative estimate of drug-likeness (QED) is 0.520. The van der Waals surface area contributed by atoms with Crippen LogP contribution in [0.4, 0.5) is 0 Å². The van der Waals surface area contributed by atoms with Crippen molar-refractivity contribution in [2.24, 2.45) is 0 Å². The third-order valence-corrected chi connectivity index (χ3v) is 6.38. The van der Waals surface area contributed by atoms with Crippen LogP contribution in [0, 0.1) is 0 Å². The molecule has 1 heterocycles. The van der Waals surface area contributed by atoms with E-state index in [1.54, 1.807) is 0 Å². The van der Waals surface area contributed by atoms with Gasteiger partial charge >= 0.3 is 0 Å². The van der Waals surface area contributed by atoms with Crippen LogP contribution in [0.25, 0.3) is 10.9 Å². The molecule has 0 spiro atoms. The summed E-state index contributed by atoms with van der Waals surface area (Å²) in [6, 6.07) is 17.4. The van der Waals surface area contributed by atoms with E-state index in [1.807, 2.05) is 6.07 Å². The van der Waals surface area contributed by atoms with Gasteiger partial charge in [-0.3, -0.25) is 4.79 Å². The number of H-pyrrole nitrogens is 1. The van der Waals surface area contributed by atoms with Gasteiger partial charge in [0.25, 0.3) is 0 Å². The molecular formula is C26H32N2O. The molecule has 3 heteroatoms. The van der Waals surface area contributed by atoms with Crippen molar-refractivity contribution in [2.45, 2.75) is 70.3 Å². The zero-order chi connectivity index (χ0) is 20.1. The Morgan fingerprint density at radius 1 is 1.07 bits per heavy atom. The van der Waals surface area contributed by atoms with E-state index in [0.717, 1.165) is 25.7 Å². The van der Waals surface area contributed by atoms with Gasteiger partial charge in [0.05, 0.1) is 0 Å². The molecule has 0 aliphatic heterocycles. The smallest absolute Gasteiger partial charge is 0.220 e. The lowest BCUT2D eigenvalue weighted by molar-refractivity contribution is -0.122. The van der Waals surface area contributed by atoms with Crippen molar-refractivity contribution in [3.05, 3.63) is 71.4 Å². The summed E-state index contributed by atoms with van der Waals surface area (Å²) in [5.41, 5.74) is 5.09. The fourth-order valence-electron chi connectivity index (χ4n) is 4.82. The van der Waals surface area contributed by atoms with Crippen LogP contribution in [-0.2, 0) is 17.6 Å². The number of benzene rings is 2. The summed E-state index contributed by atoms with van der Waals surface area (Å²) < 4.78 is 0. The topological polar surface area (TPSA) is 44.9 Å². The minimum Gasteiger partial charge on any atom is -0.361 e. The molecule has 1 fully saturated rings. The molecule has 3 nitrogen and oxygen atoms in total. The minimum atomic E-state index is 0.168. The Labute approximate surface area is 173 Å². The van der Waals surface area contributed by atoms with Crippen molar-refractivity contribution < 1.29 is 4.79 Å². The van der Waals surface area contributed by atoms with Crippen LogP contribution in [0.2, 0.25) is 0 Å². The number of aryl methyl sites for hydroxylation is 1. The van der Waals surface area contributed by atoms with E-state index in [4.69, 9.17) is 0 Å². The lowest BCUT2D eigenvalue weighted by Crippen LogP contribution is -2.36. The number of aromatic nitrogens is 1. The standard InChI is InChI=1S/C26H32N2O/c1-2-20-12-9-15-23-24(18-27-26(20)23)21(16-19-10-5-3-6-11-19)17-25(29)28-22-13-7-4-8-14-22/h3,5-6,9-12,15,18,21-22,27H,2,4,7-8,13-14,16-17H2,1H3,(H,28,29). The molecule has 1 amide bonds. The normalized spacial score (nSPS) is 16.0. The number of carbonyl (C=O) groups is 1. The first-order valence-electron chi connectivity index (χ1n) is 11.2. The number of rotatable bonds is 7. The van der Waals surface area contributed by atoms with E-state index in [0.29, 0.717) is 12.5 Å². The maximum Gasteiger partial charge on any atom is 0.220 e. The fraction of sp³-hybridized carbons (Fsp3) is 0.423. The van der Waals surface area contributed by atoms with Crippen LogP contribution in [-0.4, -0.2) is 16.9 Å². The van der Waals surface area contributed by atoms with Gasteiger partial charge in [0.1, 0.15) is 0 Å². The van der Waals surface area contributed by atoms with E-state index in [-0.39, 0.29) is 11.8 Å². The Hall–Kier alpha value is -2.55. The Bertz CT molecular complexity index is 938. The molecule has 2 aromatic carbocycles. The number of para-hydroxylation sites is 1. The van der Waals surface area contributed by atoms with Gasteiger partial charge in [-0.2, -0.15) is 0 Å². The van der Waals surface area contributed by atoms with E-state index >= 15 is 0 Å². The van der Waals surface area contributed by atoms with Gasteiger partial charge in [0.2, 0.25) is 5.91 Å². The highest BCUT2D eigenvalue weighted by Gasteiger charge is 2.23. The fourth-order valence-corrected chi connectivity index (χ4v) is 4.82. The summed E-state index contributed by atoms with van der Waals surface area (Å²) >= 11 is 0. The molecule has 3 aromatic rings. The Balaban J connectivity index is 1.59. The predicted molar refractivity (Wildman–Crippen MR) is 120 cm³/mol. The summed E-state index contributed by atoms with van der Waals surface area (Å²) in [4.78, 5) is 16.4. The minimum absolute atomic E-state index is 0.168. The van der Waals surface area contributed by atoms with Crippen LogP contribution in [0.15, 0.2) is 54.7 Å². The molecule has 4 rings (SSSR count). The van der Waals surface area contributed by atoms with Crippen LogP contribution in [0.1, 0.15) is 68.1 Å². The molecule has 1 atom stereocenters. The summed E-state index contributed by atoms with van der Waals surface area (Å²) in [5.74, 6) is 0.362. The van der Waals surface area contributed by atoms with Crippen LogP contribution in [0.3, 0.4) is 0 Å². The van der Waals surface area contributed by atoms with Crippen LogP contribution < -0.4 is 5.32 Å². The maximum atomic E-state index is 12.9. The Morgan fingerprint density at radius 2 is 1.86 bits per heavy atom. The van der Waals surface area contributed by atoms with E-state index in [9.17, 15) is 4.79 Å². The van der Waals surface area contributed by atoms with Gasteiger partial charge in [-0.25, -0.2) is 0 Å². The zero-order valence-electron chi connectivity index (χ0n) is 17.4. The second kappa shape index (κ2) is 9.30. The van der Waals surface area contributed by atoms with E-state index in [1.165, 1.54) is 46.9 Å². The highest BCUT2D eigenvalue weighted by molar-refractivity contribution is 5.87. The predicted octanol–water partition coefficient (Wildman–Crippen LogP) is 5.90. The second-order valence-corrected chi connectivity index (χ2v) is 8.43. The van der Waals surface area contributed by atoms with E-state index < -0.39 is 0 Å². The third-order valence-electron chi connectivity index (χ3n) is 6.38. The summed E-state index contributed by atoms with van der Waals surface area (Å²) in [6.45, 7) is 2.19. The number of nitrogens with one attached hydrogen (secondary N) is 2. The third kappa shape index (κ3) is 4.72. The monoisotopic (exact) mass is 388 g/mol. The average molecular weight is 389 g/mol. The number of hydrogen-bond acceptors (Lipinski definition) is 1. The summed E-state index contributed by atoms with van der Waals surface area (Å²) in [7, 11) is 0. The maximum absolute atomic E-state index is 12.9. The lowest BCUT2D eigenvalue weighted by Gasteiger charge is -2.24. The molecule has 0 radical (unpaired) electrons. The number of fused-ring (bicyclic) bond motifs is 1. The molecule has 0 bridgehead atoms. The van der Waals surface area contributed by atoms with E-state index in [2.05, 4.69) is 65.9 Å². The highest BCUT2D eigenvalue weighted by atomic mass is 16.1. The van der Waals surface area contributed by atoms with Crippen molar-refractivity contribution in [1.82, 2.24) is 10.3 Å². The zero-order valence-corrected chi connectivity index (χ0v) is 17.4. The SMILES string of the molecule is CCc1cccc2c(C(CC(=O)NC3CCCCC3)Cc3ccccc3)c[nH]c12. The molecule has 1 aliphatic rings. The second-order valence-electron chi connectivity index (χ2n) is 8.43. The van der Waals surface area contributed by atoms with Gasteiger partial charge in [-0.15, -0.1) is 0 Å². The van der Waals surface area contributed by atoms with Gasteiger partial charge in [0, 0.05) is 29.6 Å². The lowest BCUT2D eigenvalue weighted by atomic mass is 9.88. The molecule has 1 saturated carbocycles. The number of hydrogen-bond donors (Lipinski definition) is 2. The van der Waals surface area contributed by atoms with Crippen LogP contribution >= 0.6 is 0 Å². The molecule has 152 valence electrons. The van der Waals surface area contributed by atoms with Gasteiger partial charge < -0.3 is 10.3 Å². The molecule has 0 saturated heterocycles. The number of amides is 1. The van der Waals surface area contributed by atoms with Crippen molar-refractivity contribution in [3.8, 4) is 0 Å². The number of aromatic amines is 1. The molecule has 1 aromatic heterocycles. The summed E-state index contributed by atoms with van der Waals surface area (Å²) in [5, 5.41) is 4.58. The average Bonchev–Trinajstić information content (AvgIpc) is 3.19. The summed E-state index contributed by atoms with van der Waals surface area (Å²) in [6.07, 6.45) is 10.6. The number of carbonyl (C=O) groups excluding carboxylic acids is 1. The highest BCUT2D eigenvalue weighted by Crippen LogP contribution is 2.32. The van der Waals surface area contributed by atoms with Gasteiger partial charge in [0.15, 0.2) is 0 Å². The Morgan fingerprint density at radius 3 is 2.62 bits per heavy atom. The molecule has 2 N–H and O–H groups in total. The molecular weight excluding hydrogens is 356 g/mol. The van der Waals surface area contributed by atoms with Gasteiger partial charge in [-0.1, -0.05) is 74.7 Å². The molecule has 1 unspecified atom stereocenters. The molecule has 29 heavy (non-hydrogen) atoms. The van der Waals surface area contributed by atoms with Crippen molar-refractivity contribution in [2.75, 3.05) is 0 Å². The van der Waals surface area contributed by atoms with Crippen molar-refractivity contribution in [1.29, 1.82) is 0 Å². The first-order chi connectivity index (χ1) is 14.2. The largest absolute Gasteiger partial charge is 0.361 e. The van der Waals surface area contributed by atoms with Gasteiger partial charge in [-0.05, 0) is 48.3 Å². The van der Waals surface area contributed by atoms with Crippen molar-refractivity contribution in [3.63, 3.8) is 0 Å². The Kier molecular flexibility index (Phi) is 6.33. The van der Waals surface area contributed by atoms with Crippen LogP contribution in [0.5, 0.6) is 0 Å². The first-order valence-corrected chi connectivity index (χ1v) is 11.2.